The smallest absolute Gasteiger partial charge is 0.328 e. The van der Waals surface area contributed by atoms with E-state index in [1.54, 1.807) is 38.1 Å². The molecule has 0 saturated carbocycles. The zero-order valence-corrected chi connectivity index (χ0v) is 13.3. The Bertz CT molecular complexity index is 782. The summed E-state index contributed by atoms with van der Waals surface area (Å²) in [6.45, 7) is 3.38. The van der Waals surface area contributed by atoms with Gasteiger partial charge >= 0.3 is 5.97 Å². The second-order valence-electron chi connectivity index (χ2n) is 5.51. The maximum Gasteiger partial charge on any atom is 0.328 e. The average molecular weight is 317 g/mol. The van der Waals surface area contributed by atoms with Crippen LogP contribution in [0.4, 0.5) is 0 Å². The number of fused-ring (bicyclic) bond motifs is 1. The van der Waals surface area contributed by atoms with Gasteiger partial charge in [-0.25, -0.2) is 9.78 Å². The van der Waals surface area contributed by atoms with Crippen LogP contribution in [-0.2, 0) is 20.9 Å². The van der Waals surface area contributed by atoms with E-state index in [4.69, 9.17) is 0 Å². The van der Waals surface area contributed by atoms with E-state index in [0.717, 1.165) is 0 Å². The lowest BCUT2D eigenvalue weighted by molar-refractivity contribution is -0.146. The van der Waals surface area contributed by atoms with Crippen molar-refractivity contribution in [1.82, 2.24) is 14.9 Å². The van der Waals surface area contributed by atoms with Gasteiger partial charge in [0, 0.05) is 0 Å². The Balaban J connectivity index is 2.19. The number of benzene rings is 1. The van der Waals surface area contributed by atoms with E-state index in [2.05, 4.69) is 15.0 Å². The molecule has 0 bridgehead atoms. The molecule has 0 unspecified atom stereocenters. The fraction of sp³-hybridized carbons (Fsp3) is 0.375. The number of aromatic nitrogens is 2. The molecule has 0 fully saturated rings. The molecule has 1 atom stereocenters. The van der Waals surface area contributed by atoms with Crippen molar-refractivity contribution in [3.8, 4) is 0 Å². The molecule has 0 radical (unpaired) electrons. The van der Waals surface area contributed by atoms with Crippen LogP contribution in [0.25, 0.3) is 10.9 Å². The van der Waals surface area contributed by atoms with Crippen LogP contribution < -0.4 is 10.9 Å². The van der Waals surface area contributed by atoms with E-state index in [-0.39, 0.29) is 18.0 Å². The van der Waals surface area contributed by atoms with Crippen molar-refractivity contribution in [2.75, 3.05) is 7.11 Å². The Labute approximate surface area is 133 Å². The van der Waals surface area contributed by atoms with Crippen LogP contribution in [0.3, 0.4) is 0 Å². The van der Waals surface area contributed by atoms with Gasteiger partial charge in [0.1, 0.15) is 12.6 Å². The summed E-state index contributed by atoms with van der Waals surface area (Å²) in [4.78, 5) is 40.3. The molecule has 122 valence electrons. The van der Waals surface area contributed by atoms with E-state index in [0.29, 0.717) is 10.9 Å². The van der Waals surface area contributed by atoms with E-state index < -0.39 is 17.9 Å². The maximum atomic E-state index is 12.3. The van der Waals surface area contributed by atoms with Crippen molar-refractivity contribution >= 4 is 22.8 Å². The molecule has 1 heterocycles. The predicted molar refractivity (Wildman–Crippen MR) is 84.8 cm³/mol. The molecule has 0 aliphatic heterocycles. The van der Waals surface area contributed by atoms with Crippen molar-refractivity contribution in [2.24, 2.45) is 5.92 Å². The van der Waals surface area contributed by atoms with E-state index in [1.807, 2.05) is 0 Å². The summed E-state index contributed by atoms with van der Waals surface area (Å²) in [5.74, 6) is -1.09. The van der Waals surface area contributed by atoms with Crippen LogP contribution in [0.15, 0.2) is 35.4 Å². The minimum absolute atomic E-state index is 0.127. The van der Waals surface area contributed by atoms with Crippen LogP contribution in [0.2, 0.25) is 0 Å². The fourth-order valence-electron chi connectivity index (χ4n) is 2.22. The van der Waals surface area contributed by atoms with Gasteiger partial charge in [-0.05, 0) is 18.1 Å². The van der Waals surface area contributed by atoms with Gasteiger partial charge in [0.15, 0.2) is 0 Å². The van der Waals surface area contributed by atoms with Gasteiger partial charge in [-0.15, -0.1) is 0 Å². The summed E-state index contributed by atoms with van der Waals surface area (Å²) < 4.78 is 5.89. The first-order valence-electron chi connectivity index (χ1n) is 7.25. The zero-order valence-electron chi connectivity index (χ0n) is 13.3. The molecule has 1 amide bonds. The first kappa shape index (κ1) is 16.7. The lowest BCUT2D eigenvalue weighted by Crippen LogP contribution is -2.46. The number of methoxy groups -OCH3 is 1. The Morgan fingerprint density at radius 3 is 2.65 bits per heavy atom. The highest BCUT2D eigenvalue weighted by atomic mass is 16.5. The number of nitrogens with one attached hydrogen (secondary N) is 1. The molecule has 0 spiro atoms. The van der Waals surface area contributed by atoms with Gasteiger partial charge in [-0.1, -0.05) is 26.0 Å². The summed E-state index contributed by atoms with van der Waals surface area (Å²) in [6.07, 6.45) is 1.33. The SMILES string of the molecule is COC(=O)[C@@H](NC(=O)Cn1cnc2ccccc2c1=O)C(C)C. The van der Waals surface area contributed by atoms with Crippen molar-refractivity contribution in [1.29, 1.82) is 0 Å². The third kappa shape index (κ3) is 3.74. The third-order valence-electron chi connectivity index (χ3n) is 3.48. The van der Waals surface area contributed by atoms with E-state index in [9.17, 15) is 14.4 Å². The summed E-state index contributed by atoms with van der Waals surface area (Å²) in [5.41, 5.74) is 0.272. The molecule has 1 aromatic heterocycles. The number of hydrogen-bond acceptors (Lipinski definition) is 5. The number of ether oxygens (including phenoxy) is 1. The third-order valence-corrected chi connectivity index (χ3v) is 3.48. The summed E-state index contributed by atoms with van der Waals surface area (Å²) in [7, 11) is 1.27. The van der Waals surface area contributed by atoms with Crippen LogP contribution in [0.1, 0.15) is 13.8 Å². The molecule has 2 rings (SSSR count). The summed E-state index contributed by atoms with van der Waals surface area (Å²) >= 11 is 0. The Hall–Kier alpha value is -2.70. The maximum absolute atomic E-state index is 12.3. The molecule has 23 heavy (non-hydrogen) atoms. The lowest BCUT2D eigenvalue weighted by atomic mass is 10.0. The lowest BCUT2D eigenvalue weighted by Gasteiger charge is -2.20. The summed E-state index contributed by atoms with van der Waals surface area (Å²) in [6, 6.07) is 6.16. The number of esters is 1. The van der Waals surface area contributed by atoms with Gasteiger partial charge < -0.3 is 10.1 Å². The second-order valence-corrected chi connectivity index (χ2v) is 5.51. The molecule has 2 aromatic rings. The average Bonchev–Trinajstić information content (AvgIpc) is 2.54. The minimum Gasteiger partial charge on any atom is -0.467 e. The quantitative estimate of drug-likeness (QED) is 0.820. The van der Waals surface area contributed by atoms with Crippen molar-refractivity contribution in [3.63, 3.8) is 0 Å². The van der Waals surface area contributed by atoms with Gasteiger partial charge in [0.25, 0.3) is 5.56 Å². The van der Waals surface area contributed by atoms with Crippen LogP contribution >= 0.6 is 0 Å². The van der Waals surface area contributed by atoms with Gasteiger partial charge in [-0.3, -0.25) is 14.2 Å². The molecular weight excluding hydrogens is 298 g/mol. The molecule has 7 nitrogen and oxygen atoms in total. The molecule has 1 N–H and O–H groups in total. The largest absolute Gasteiger partial charge is 0.467 e. The summed E-state index contributed by atoms with van der Waals surface area (Å²) in [5, 5.41) is 3.03. The number of carbonyl (C=O) groups excluding carboxylic acids is 2. The van der Waals surface area contributed by atoms with Crippen molar-refractivity contribution < 1.29 is 14.3 Å². The first-order valence-corrected chi connectivity index (χ1v) is 7.25. The number of nitrogens with zero attached hydrogens (tertiary/aromatic N) is 2. The van der Waals surface area contributed by atoms with Crippen LogP contribution in [-0.4, -0.2) is 34.6 Å². The van der Waals surface area contributed by atoms with Crippen molar-refractivity contribution in [2.45, 2.75) is 26.4 Å². The minimum atomic E-state index is -0.753. The zero-order chi connectivity index (χ0) is 17.0. The van der Waals surface area contributed by atoms with E-state index >= 15 is 0 Å². The molecule has 7 heteroatoms. The predicted octanol–water partition coefficient (Wildman–Crippen LogP) is 0.710. The number of rotatable bonds is 5. The molecular formula is C16H19N3O4. The number of para-hydroxylation sites is 1. The monoisotopic (exact) mass is 317 g/mol. The van der Waals surface area contributed by atoms with Gasteiger partial charge in [0.2, 0.25) is 5.91 Å². The van der Waals surface area contributed by atoms with Crippen LogP contribution in [0, 0.1) is 5.92 Å². The second kappa shape index (κ2) is 7.04. The number of carbonyl (C=O) groups is 2. The van der Waals surface area contributed by atoms with E-state index in [1.165, 1.54) is 18.0 Å². The topological polar surface area (TPSA) is 90.3 Å². The number of amides is 1. The van der Waals surface area contributed by atoms with Gasteiger partial charge in [-0.2, -0.15) is 0 Å². The highest BCUT2D eigenvalue weighted by molar-refractivity contribution is 5.84. The highest BCUT2D eigenvalue weighted by Crippen LogP contribution is 2.05. The Morgan fingerprint density at radius 1 is 1.30 bits per heavy atom. The fourth-order valence-corrected chi connectivity index (χ4v) is 2.22. The van der Waals surface area contributed by atoms with Gasteiger partial charge in [0.05, 0.1) is 24.3 Å². The Kier molecular flexibility index (Phi) is 5.10. The molecule has 0 saturated heterocycles. The first-order chi connectivity index (χ1) is 10.9. The number of hydrogen-bond donors (Lipinski definition) is 1. The molecule has 0 aliphatic carbocycles. The standard InChI is InChI=1S/C16H19N3O4/c1-10(2)14(16(22)23-3)18-13(20)8-19-9-17-12-7-5-4-6-11(12)15(19)21/h4-7,9-10,14H,8H2,1-3H3,(H,18,20)/t14-/m0/s1. The molecule has 0 aliphatic rings. The van der Waals surface area contributed by atoms with Crippen molar-refractivity contribution in [3.05, 3.63) is 40.9 Å². The van der Waals surface area contributed by atoms with Crippen LogP contribution in [0.5, 0.6) is 0 Å². The normalized spacial score (nSPS) is 12.2. The Morgan fingerprint density at radius 2 is 2.00 bits per heavy atom. The highest BCUT2D eigenvalue weighted by Gasteiger charge is 2.25. The molecule has 1 aromatic carbocycles.